The van der Waals surface area contributed by atoms with Gasteiger partial charge in [-0.2, -0.15) is 0 Å². The second-order valence-corrected chi connectivity index (χ2v) is 5.25. The molecule has 0 aliphatic heterocycles. The minimum atomic E-state index is -0.760. The third-order valence-corrected chi connectivity index (χ3v) is 4.06. The highest BCUT2D eigenvalue weighted by Crippen LogP contribution is 2.32. The van der Waals surface area contributed by atoms with Gasteiger partial charge in [0.1, 0.15) is 5.82 Å². The minimum Gasteiger partial charge on any atom is -0.319 e. The van der Waals surface area contributed by atoms with Crippen molar-refractivity contribution in [3.63, 3.8) is 0 Å². The van der Waals surface area contributed by atoms with Crippen LogP contribution in [0.5, 0.6) is 0 Å². The van der Waals surface area contributed by atoms with Crippen LogP contribution in [0.4, 0.5) is 4.39 Å². The van der Waals surface area contributed by atoms with Crippen LogP contribution in [0.3, 0.4) is 0 Å². The van der Waals surface area contributed by atoms with Crippen molar-refractivity contribution in [1.29, 1.82) is 0 Å². The molecule has 94 valence electrons. The zero-order valence-corrected chi connectivity index (χ0v) is 12.1. The van der Waals surface area contributed by atoms with E-state index in [0.717, 1.165) is 0 Å². The molecule has 2 nitrogen and oxygen atoms in total. The summed E-state index contributed by atoms with van der Waals surface area (Å²) in [5.41, 5.74) is 6.64. The molecule has 0 aliphatic rings. The standard InChI is InChI=1S/C12H8BrCl2FN2/c13-7-4-3-6(10(16)9(7)15)11(17)12-8(14)2-1-5-18-12/h1-5,11H,17H2. The van der Waals surface area contributed by atoms with Crippen molar-refractivity contribution in [3.8, 4) is 0 Å². The maximum absolute atomic E-state index is 14.0. The molecule has 0 aliphatic carbocycles. The number of benzene rings is 1. The average Bonchev–Trinajstić information content (AvgIpc) is 2.36. The molecule has 2 aromatic rings. The smallest absolute Gasteiger partial charge is 0.148 e. The molecule has 0 bridgehead atoms. The number of rotatable bonds is 2. The van der Waals surface area contributed by atoms with Gasteiger partial charge >= 0.3 is 0 Å². The lowest BCUT2D eigenvalue weighted by Crippen LogP contribution is -2.16. The molecule has 2 N–H and O–H groups in total. The summed E-state index contributed by atoms with van der Waals surface area (Å²) in [6, 6.07) is 5.77. The van der Waals surface area contributed by atoms with Crippen molar-refractivity contribution in [2.45, 2.75) is 6.04 Å². The van der Waals surface area contributed by atoms with Crippen molar-refractivity contribution in [2.24, 2.45) is 5.73 Å². The Morgan fingerprint density at radius 3 is 2.67 bits per heavy atom. The van der Waals surface area contributed by atoms with Gasteiger partial charge in [0, 0.05) is 16.2 Å². The molecule has 1 aromatic carbocycles. The fraction of sp³-hybridized carbons (Fsp3) is 0.0833. The Balaban J connectivity index is 2.50. The summed E-state index contributed by atoms with van der Waals surface area (Å²) < 4.78 is 14.5. The van der Waals surface area contributed by atoms with Gasteiger partial charge in [-0.3, -0.25) is 4.98 Å². The zero-order valence-electron chi connectivity index (χ0n) is 9.00. The van der Waals surface area contributed by atoms with E-state index in [1.54, 1.807) is 30.5 Å². The van der Waals surface area contributed by atoms with Gasteiger partial charge < -0.3 is 5.73 Å². The first-order valence-electron chi connectivity index (χ1n) is 5.01. The molecule has 0 saturated heterocycles. The Bertz CT molecular complexity index is 592. The van der Waals surface area contributed by atoms with E-state index in [1.165, 1.54) is 0 Å². The predicted octanol–water partition coefficient (Wildman–Crippen LogP) is 4.34. The fourth-order valence-electron chi connectivity index (χ4n) is 1.56. The van der Waals surface area contributed by atoms with Crippen molar-refractivity contribution in [2.75, 3.05) is 0 Å². The lowest BCUT2D eigenvalue weighted by atomic mass is 10.0. The molecule has 0 saturated carbocycles. The van der Waals surface area contributed by atoms with Crippen LogP contribution in [0.15, 0.2) is 34.9 Å². The summed E-state index contributed by atoms with van der Waals surface area (Å²) in [7, 11) is 0. The Labute approximate surface area is 122 Å². The molecule has 0 radical (unpaired) electrons. The van der Waals surface area contributed by atoms with Gasteiger partial charge in [-0.15, -0.1) is 0 Å². The first kappa shape index (κ1) is 13.7. The lowest BCUT2D eigenvalue weighted by Gasteiger charge is -2.14. The maximum Gasteiger partial charge on any atom is 0.148 e. The van der Waals surface area contributed by atoms with Crippen LogP contribution in [-0.2, 0) is 0 Å². The van der Waals surface area contributed by atoms with E-state index in [4.69, 9.17) is 28.9 Å². The molecule has 0 amide bonds. The first-order valence-corrected chi connectivity index (χ1v) is 6.56. The summed E-state index contributed by atoms with van der Waals surface area (Å²) in [6.07, 6.45) is 1.56. The number of pyridine rings is 1. The van der Waals surface area contributed by atoms with Crippen LogP contribution in [0.1, 0.15) is 17.3 Å². The molecule has 1 aromatic heterocycles. The van der Waals surface area contributed by atoms with Crippen LogP contribution in [0.25, 0.3) is 0 Å². The second-order valence-electron chi connectivity index (χ2n) is 3.61. The van der Waals surface area contributed by atoms with Crippen LogP contribution in [0, 0.1) is 5.82 Å². The minimum absolute atomic E-state index is 0.00463. The summed E-state index contributed by atoms with van der Waals surface area (Å²) in [6.45, 7) is 0. The van der Waals surface area contributed by atoms with Crippen LogP contribution in [-0.4, -0.2) is 4.98 Å². The largest absolute Gasteiger partial charge is 0.319 e. The van der Waals surface area contributed by atoms with Crippen LogP contribution < -0.4 is 5.73 Å². The fourth-order valence-corrected chi connectivity index (χ4v) is 2.27. The molecule has 0 spiro atoms. The molecule has 1 heterocycles. The van der Waals surface area contributed by atoms with Gasteiger partial charge in [0.05, 0.1) is 21.8 Å². The van der Waals surface area contributed by atoms with Gasteiger partial charge in [-0.25, -0.2) is 4.39 Å². The van der Waals surface area contributed by atoms with Crippen LogP contribution in [0.2, 0.25) is 10.0 Å². The number of hydrogen-bond acceptors (Lipinski definition) is 2. The van der Waals surface area contributed by atoms with Gasteiger partial charge in [-0.1, -0.05) is 29.3 Å². The predicted molar refractivity (Wildman–Crippen MR) is 74.4 cm³/mol. The van der Waals surface area contributed by atoms with Crippen molar-refractivity contribution >= 4 is 39.1 Å². The van der Waals surface area contributed by atoms with Crippen molar-refractivity contribution in [1.82, 2.24) is 4.98 Å². The van der Waals surface area contributed by atoms with E-state index in [9.17, 15) is 4.39 Å². The van der Waals surface area contributed by atoms with Gasteiger partial charge in [-0.05, 0) is 34.1 Å². The highest BCUT2D eigenvalue weighted by Gasteiger charge is 2.20. The number of aromatic nitrogens is 1. The highest BCUT2D eigenvalue weighted by atomic mass is 79.9. The molecule has 18 heavy (non-hydrogen) atoms. The van der Waals surface area contributed by atoms with E-state index in [-0.39, 0.29) is 10.6 Å². The summed E-state index contributed by atoms with van der Waals surface area (Å²) in [5, 5.41) is 0.387. The summed E-state index contributed by atoms with van der Waals surface area (Å²) in [4.78, 5) is 4.07. The highest BCUT2D eigenvalue weighted by molar-refractivity contribution is 9.10. The SMILES string of the molecule is NC(c1ccc(Br)c(Cl)c1F)c1ncccc1Cl. The number of halogens is 4. The maximum atomic E-state index is 14.0. The third kappa shape index (κ3) is 2.52. The quantitative estimate of drug-likeness (QED) is 0.819. The van der Waals surface area contributed by atoms with Gasteiger partial charge in [0.15, 0.2) is 0 Å². The van der Waals surface area contributed by atoms with E-state index in [1.807, 2.05) is 0 Å². The molecule has 0 fully saturated rings. The van der Waals surface area contributed by atoms with E-state index in [0.29, 0.717) is 15.2 Å². The monoisotopic (exact) mass is 348 g/mol. The normalized spacial score (nSPS) is 12.5. The summed E-state index contributed by atoms with van der Waals surface area (Å²) >= 11 is 15.0. The molecule has 1 unspecified atom stereocenters. The van der Waals surface area contributed by atoms with Crippen molar-refractivity contribution < 1.29 is 4.39 Å². The number of hydrogen-bond donors (Lipinski definition) is 1. The second kappa shape index (κ2) is 5.53. The van der Waals surface area contributed by atoms with Crippen LogP contribution >= 0.6 is 39.1 Å². The third-order valence-electron chi connectivity index (χ3n) is 2.48. The molecular formula is C12H8BrCl2FN2. The Hall–Kier alpha value is -0.680. The Morgan fingerprint density at radius 1 is 1.28 bits per heavy atom. The van der Waals surface area contributed by atoms with Gasteiger partial charge in [0.25, 0.3) is 0 Å². The number of nitrogens with two attached hydrogens (primary N) is 1. The lowest BCUT2D eigenvalue weighted by molar-refractivity contribution is 0.597. The number of nitrogens with zero attached hydrogens (tertiary/aromatic N) is 1. The summed E-state index contributed by atoms with van der Waals surface area (Å²) in [5.74, 6) is -0.569. The molecule has 1 atom stereocenters. The van der Waals surface area contributed by atoms with Crippen molar-refractivity contribution in [3.05, 3.63) is 62.1 Å². The Kier molecular flexibility index (Phi) is 4.22. The average molecular weight is 350 g/mol. The molecule has 6 heteroatoms. The zero-order chi connectivity index (χ0) is 13.3. The molecule has 2 rings (SSSR count). The van der Waals surface area contributed by atoms with E-state index >= 15 is 0 Å². The topological polar surface area (TPSA) is 38.9 Å². The first-order chi connectivity index (χ1) is 8.52. The molecular weight excluding hydrogens is 342 g/mol. The van der Waals surface area contributed by atoms with E-state index in [2.05, 4.69) is 20.9 Å². The van der Waals surface area contributed by atoms with E-state index < -0.39 is 11.9 Å². The van der Waals surface area contributed by atoms with Gasteiger partial charge in [0.2, 0.25) is 0 Å². The Morgan fingerprint density at radius 2 is 2.00 bits per heavy atom.